The molecule has 0 aliphatic carbocycles. The number of nitrogens with zero attached hydrogens (tertiary/aromatic N) is 4. The van der Waals surface area contributed by atoms with Crippen LogP contribution in [-0.2, 0) is 0 Å². The molecule has 0 bridgehead atoms. The van der Waals surface area contributed by atoms with Crippen LogP contribution in [0, 0.1) is 0 Å². The van der Waals surface area contributed by atoms with Gasteiger partial charge in [0.25, 0.3) is 0 Å². The molecule has 0 heterocycles. The summed E-state index contributed by atoms with van der Waals surface area (Å²) in [5.41, 5.74) is 1.03. The van der Waals surface area contributed by atoms with Gasteiger partial charge in [-0.25, -0.2) is 4.74 Å². The fourth-order valence-corrected chi connectivity index (χ4v) is 10.5. The molecule has 0 unspecified atom stereocenters. The minimum atomic E-state index is -2.10. The maximum absolute atomic E-state index is 5.50. The Kier molecular flexibility index (Phi) is 6.50. The summed E-state index contributed by atoms with van der Waals surface area (Å²) in [4.78, 5) is 0. The van der Waals surface area contributed by atoms with Gasteiger partial charge in [0, 0.05) is 5.39 Å². The van der Waals surface area contributed by atoms with Gasteiger partial charge in [0.1, 0.15) is 0 Å². The third-order valence-electron chi connectivity index (χ3n) is 9.40. The first-order valence-electron chi connectivity index (χ1n) is 15.5. The molecule has 0 spiro atoms. The van der Waals surface area contributed by atoms with Crippen LogP contribution < -0.4 is 0 Å². The number of hydrogen-bond donors (Lipinski definition) is 0. The van der Waals surface area contributed by atoms with Crippen LogP contribution in [0.3, 0.4) is 0 Å². The lowest BCUT2D eigenvalue weighted by Gasteiger charge is -2.41. The summed E-state index contributed by atoms with van der Waals surface area (Å²) < 4.78 is 12.3. The second-order valence-electron chi connectivity index (χ2n) is 12.8. The first-order chi connectivity index (χ1) is 21.7. The third-order valence-corrected chi connectivity index (χ3v) is 13.1. The Bertz CT molecular complexity index is 2520. The van der Waals surface area contributed by atoms with E-state index in [1.54, 1.807) is 0 Å². The Morgan fingerprint density at radius 1 is 0.356 bits per heavy atom. The summed E-state index contributed by atoms with van der Waals surface area (Å²) >= 11 is 0. The Balaban J connectivity index is 1.37. The van der Waals surface area contributed by atoms with Crippen LogP contribution in [0.15, 0.2) is 120 Å². The molecule has 0 N–H and O–H groups in total. The molecular weight excluding hydrogens is 567 g/mol. The van der Waals surface area contributed by atoms with Crippen LogP contribution in [0.25, 0.3) is 75.4 Å². The van der Waals surface area contributed by atoms with Crippen LogP contribution in [0.4, 0.5) is 5.69 Å². The van der Waals surface area contributed by atoms with Crippen molar-refractivity contribution in [3.63, 3.8) is 0 Å². The molecule has 0 saturated heterocycles. The molecule has 4 nitrogen and oxygen atoms in total. The predicted molar refractivity (Wildman–Crippen MR) is 199 cm³/mol. The van der Waals surface area contributed by atoms with Crippen molar-refractivity contribution in [3.05, 3.63) is 115 Å². The molecule has 222 valence electrons. The van der Waals surface area contributed by atoms with Gasteiger partial charge in [-0.1, -0.05) is 48.5 Å². The highest BCUT2D eigenvalue weighted by Crippen LogP contribution is 2.57. The smallest absolute Gasteiger partial charge is 0.171 e. The van der Waals surface area contributed by atoms with Gasteiger partial charge in [0.2, 0.25) is 0 Å². The maximum atomic E-state index is 5.50. The number of rotatable bonds is 4. The van der Waals surface area contributed by atoms with E-state index in [0.29, 0.717) is 0 Å². The second kappa shape index (κ2) is 10.4. The molecule has 8 aromatic rings. The van der Waals surface area contributed by atoms with E-state index in [-0.39, 0.29) is 0 Å². The van der Waals surface area contributed by atoms with E-state index in [9.17, 15) is 0 Å². The van der Waals surface area contributed by atoms with E-state index < -0.39 is 7.51 Å². The molecule has 0 radical (unpaired) electrons. The zero-order valence-electron chi connectivity index (χ0n) is 26.7. The number of fused-ring (bicyclic) bond motifs is 8. The van der Waals surface area contributed by atoms with E-state index in [1.165, 1.54) is 75.4 Å². The SMILES string of the molecule is CN(C)P(=Nc1cccc2cc3cc4ccc5cc6cc7cc8ccccc8cc7cc6cc5c4cc3cc12)(N(C)C)N(C)C. The Morgan fingerprint density at radius 2 is 0.711 bits per heavy atom. The van der Waals surface area contributed by atoms with Gasteiger partial charge < -0.3 is 0 Å². The van der Waals surface area contributed by atoms with Crippen molar-refractivity contribution in [2.24, 2.45) is 4.74 Å². The zero-order valence-corrected chi connectivity index (χ0v) is 27.6. The van der Waals surface area contributed by atoms with Gasteiger partial charge in [0.05, 0.1) is 5.69 Å². The normalized spacial score (nSPS) is 12.8. The first-order valence-corrected chi connectivity index (χ1v) is 17.1. The van der Waals surface area contributed by atoms with Crippen molar-refractivity contribution < 1.29 is 0 Å². The minimum Gasteiger partial charge on any atom is -0.252 e. The fourth-order valence-electron chi connectivity index (χ4n) is 7.33. The van der Waals surface area contributed by atoms with Crippen LogP contribution in [-0.4, -0.2) is 56.3 Å². The topological polar surface area (TPSA) is 22.1 Å². The molecule has 45 heavy (non-hydrogen) atoms. The van der Waals surface area contributed by atoms with Gasteiger partial charge in [-0.2, -0.15) is 0 Å². The van der Waals surface area contributed by atoms with Crippen LogP contribution in [0.5, 0.6) is 0 Å². The summed E-state index contributed by atoms with van der Waals surface area (Å²) in [5, 5.41) is 17.7. The summed E-state index contributed by atoms with van der Waals surface area (Å²) in [6.07, 6.45) is 0. The standard InChI is InChI=1S/C40H37N4P/c1-42(2)45(43(3)4,44(5)6)41-40-13-9-12-28-18-33-19-29-14-15-30-20-34-21-31-16-26-10-7-8-11-27(26)17-32(31)22-35(34)23-37(30)38(29)24-36(33)25-39(28)40/h7-25H,1-6H3. The van der Waals surface area contributed by atoms with Gasteiger partial charge in [-0.15, -0.1) is 0 Å². The Labute approximate surface area is 264 Å². The average molecular weight is 605 g/mol. The molecule has 0 aliphatic heterocycles. The molecule has 0 atom stereocenters. The van der Waals surface area contributed by atoms with Crippen molar-refractivity contribution in [1.29, 1.82) is 0 Å². The maximum Gasteiger partial charge on any atom is 0.171 e. The summed E-state index contributed by atoms with van der Waals surface area (Å²) in [7, 11) is 10.7. The quantitative estimate of drug-likeness (QED) is 0.113. The Hall–Kier alpha value is -4.31. The molecule has 8 aromatic carbocycles. The monoisotopic (exact) mass is 604 g/mol. The van der Waals surface area contributed by atoms with E-state index in [1.807, 2.05) is 0 Å². The molecule has 0 aromatic heterocycles. The van der Waals surface area contributed by atoms with Crippen molar-refractivity contribution in [1.82, 2.24) is 14.0 Å². The highest BCUT2D eigenvalue weighted by atomic mass is 31.2. The van der Waals surface area contributed by atoms with E-state index >= 15 is 0 Å². The molecule has 8 rings (SSSR count). The fraction of sp³-hybridized carbons (Fsp3) is 0.150. The van der Waals surface area contributed by atoms with Gasteiger partial charge in [0.15, 0.2) is 7.51 Å². The van der Waals surface area contributed by atoms with Gasteiger partial charge in [-0.3, -0.25) is 14.0 Å². The van der Waals surface area contributed by atoms with Crippen LogP contribution in [0.2, 0.25) is 0 Å². The van der Waals surface area contributed by atoms with Crippen molar-refractivity contribution in [2.75, 3.05) is 42.3 Å². The first kappa shape index (κ1) is 28.2. The second-order valence-corrected chi connectivity index (χ2v) is 16.5. The molecule has 0 amide bonds. The lowest BCUT2D eigenvalue weighted by Crippen LogP contribution is -2.30. The van der Waals surface area contributed by atoms with Crippen molar-refractivity contribution in [2.45, 2.75) is 0 Å². The summed E-state index contributed by atoms with van der Waals surface area (Å²) in [6.45, 7) is 0. The Morgan fingerprint density at radius 3 is 1.20 bits per heavy atom. The van der Waals surface area contributed by atoms with Gasteiger partial charge >= 0.3 is 0 Å². The molecule has 5 heteroatoms. The molecular formula is C40H37N4P. The van der Waals surface area contributed by atoms with E-state index in [0.717, 1.165) is 5.69 Å². The van der Waals surface area contributed by atoms with Crippen LogP contribution >= 0.6 is 7.51 Å². The zero-order chi connectivity index (χ0) is 31.0. The highest BCUT2D eigenvalue weighted by molar-refractivity contribution is 7.59. The van der Waals surface area contributed by atoms with E-state index in [4.69, 9.17) is 4.74 Å². The van der Waals surface area contributed by atoms with Gasteiger partial charge in [-0.05, 0) is 179 Å². The number of benzene rings is 8. The summed E-state index contributed by atoms with van der Waals surface area (Å²) in [6, 6.07) is 43.1. The predicted octanol–water partition coefficient (Wildman–Crippen LogP) is 11.0. The highest BCUT2D eigenvalue weighted by Gasteiger charge is 2.28. The number of hydrogen-bond acceptors (Lipinski definition) is 1. The van der Waals surface area contributed by atoms with E-state index in [2.05, 4.69) is 172 Å². The van der Waals surface area contributed by atoms with Crippen LogP contribution in [0.1, 0.15) is 0 Å². The largest absolute Gasteiger partial charge is 0.252 e. The summed E-state index contributed by atoms with van der Waals surface area (Å²) in [5.74, 6) is 0. The lowest BCUT2D eigenvalue weighted by atomic mass is 9.93. The third kappa shape index (κ3) is 4.44. The molecule has 0 fully saturated rings. The minimum absolute atomic E-state index is 1.03. The average Bonchev–Trinajstić information content (AvgIpc) is 3.02. The lowest BCUT2D eigenvalue weighted by molar-refractivity contribution is 0.474. The molecule has 0 saturated carbocycles. The molecule has 0 aliphatic rings. The van der Waals surface area contributed by atoms with Crippen molar-refractivity contribution >= 4 is 88.6 Å². The van der Waals surface area contributed by atoms with Crippen molar-refractivity contribution in [3.8, 4) is 0 Å².